The Kier molecular flexibility index (Phi) is 5.70. The van der Waals surface area contributed by atoms with E-state index in [1.54, 1.807) is 32.4 Å². The van der Waals surface area contributed by atoms with Gasteiger partial charge in [0.05, 0.1) is 25.2 Å². The fourth-order valence-electron chi connectivity index (χ4n) is 2.69. The summed E-state index contributed by atoms with van der Waals surface area (Å²) in [7, 11) is 3.15. The molecule has 3 rings (SSSR count). The van der Waals surface area contributed by atoms with Crippen LogP contribution in [0, 0.1) is 0 Å². The molecule has 8 heteroatoms. The molecule has 26 heavy (non-hydrogen) atoms. The summed E-state index contributed by atoms with van der Waals surface area (Å²) in [5.74, 6) is 2.68. The van der Waals surface area contributed by atoms with Crippen LogP contribution in [-0.4, -0.2) is 40.1 Å². The third-order valence-electron chi connectivity index (χ3n) is 4.32. The Morgan fingerprint density at radius 2 is 2.12 bits per heavy atom. The quantitative estimate of drug-likeness (QED) is 0.712. The van der Waals surface area contributed by atoms with Crippen LogP contribution in [0.3, 0.4) is 0 Å². The summed E-state index contributed by atoms with van der Waals surface area (Å²) in [5, 5.41) is 12.0. The van der Waals surface area contributed by atoms with E-state index < -0.39 is 0 Å². The van der Waals surface area contributed by atoms with Crippen LogP contribution < -0.4 is 14.8 Å². The fourth-order valence-corrected chi connectivity index (χ4v) is 3.61. The number of nitrogens with zero attached hydrogens (tertiary/aromatic N) is 3. The zero-order chi connectivity index (χ0) is 18.7. The van der Waals surface area contributed by atoms with E-state index in [0.717, 1.165) is 17.5 Å². The highest BCUT2D eigenvalue weighted by Gasteiger charge is 2.30. The van der Waals surface area contributed by atoms with E-state index in [4.69, 9.17) is 9.47 Å². The maximum Gasteiger partial charge on any atom is 0.237 e. The van der Waals surface area contributed by atoms with Gasteiger partial charge in [-0.25, -0.2) is 0 Å². The van der Waals surface area contributed by atoms with Crippen molar-refractivity contribution in [1.82, 2.24) is 14.8 Å². The smallest absolute Gasteiger partial charge is 0.237 e. The second kappa shape index (κ2) is 7.99. The standard InChI is InChI=1S/C18H24N4O3S/c1-5-22-16(12-6-7-12)20-21-18(22)26-11(2)17(23)19-14-10-13(24-3)8-9-15(14)25-4/h8-12H,5-7H2,1-4H3,(H,19,23). The van der Waals surface area contributed by atoms with Crippen LogP contribution in [-0.2, 0) is 11.3 Å². The highest BCUT2D eigenvalue weighted by Crippen LogP contribution is 2.40. The van der Waals surface area contributed by atoms with Gasteiger partial charge in [-0.2, -0.15) is 0 Å². The molecule has 1 aliphatic rings. The lowest BCUT2D eigenvalue weighted by Gasteiger charge is -2.15. The van der Waals surface area contributed by atoms with Crippen molar-refractivity contribution in [3.63, 3.8) is 0 Å². The van der Waals surface area contributed by atoms with Gasteiger partial charge in [-0.3, -0.25) is 4.79 Å². The zero-order valence-corrected chi connectivity index (χ0v) is 16.3. The van der Waals surface area contributed by atoms with Crippen LogP contribution in [0.2, 0.25) is 0 Å². The number of thioether (sulfide) groups is 1. The van der Waals surface area contributed by atoms with Crippen LogP contribution >= 0.6 is 11.8 Å². The van der Waals surface area contributed by atoms with E-state index in [1.165, 1.54) is 24.6 Å². The van der Waals surface area contributed by atoms with Gasteiger partial charge in [-0.15, -0.1) is 10.2 Å². The second-order valence-corrected chi connectivity index (χ2v) is 7.48. The molecule has 1 heterocycles. The lowest BCUT2D eigenvalue weighted by Crippen LogP contribution is -2.23. The summed E-state index contributed by atoms with van der Waals surface area (Å²) in [4.78, 5) is 12.7. The Morgan fingerprint density at radius 1 is 1.35 bits per heavy atom. The number of hydrogen-bond acceptors (Lipinski definition) is 6. The van der Waals surface area contributed by atoms with Gasteiger partial charge >= 0.3 is 0 Å². The Balaban J connectivity index is 1.71. The van der Waals surface area contributed by atoms with Crippen LogP contribution in [0.15, 0.2) is 23.4 Å². The van der Waals surface area contributed by atoms with Crippen LogP contribution in [0.4, 0.5) is 5.69 Å². The van der Waals surface area contributed by atoms with Crippen molar-refractivity contribution in [2.24, 2.45) is 0 Å². The van der Waals surface area contributed by atoms with E-state index in [1.807, 2.05) is 6.92 Å². The van der Waals surface area contributed by atoms with Gasteiger partial charge in [0.25, 0.3) is 0 Å². The molecule has 1 aromatic carbocycles. The lowest BCUT2D eigenvalue weighted by atomic mass is 10.2. The number of benzene rings is 1. The normalized spacial score (nSPS) is 14.8. The van der Waals surface area contributed by atoms with Crippen LogP contribution in [0.25, 0.3) is 0 Å². The predicted octanol–water partition coefficient (Wildman–Crippen LogP) is 3.31. The number of nitrogens with one attached hydrogen (secondary N) is 1. The topological polar surface area (TPSA) is 78.3 Å². The van der Waals surface area contributed by atoms with Crippen molar-refractivity contribution in [1.29, 1.82) is 0 Å². The summed E-state index contributed by atoms with van der Waals surface area (Å²) >= 11 is 1.42. The first-order chi connectivity index (χ1) is 12.6. The number of carbonyl (C=O) groups excluding carboxylic acids is 1. The molecule has 2 aromatic rings. The average molecular weight is 376 g/mol. The first-order valence-electron chi connectivity index (χ1n) is 8.70. The van der Waals surface area contributed by atoms with E-state index >= 15 is 0 Å². The molecule has 1 aromatic heterocycles. The van der Waals surface area contributed by atoms with E-state index in [-0.39, 0.29) is 11.2 Å². The Morgan fingerprint density at radius 3 is 2.73 bits per heavy atom. The third kappa shape index (κ3) is 3.95. The Bertz CT molecular complexity index is 789. The zero-order valence-electron chi connectivity index (χ0n) is 15.5. The summed E-state index contributed by atoms with van der Waals surface area (Å²) in [5.41, 5.74) is 0.583. The fraction of sp³-hybridized carbons (Fsp3) is 0.500. The molecule has 0 spiro atoms. The number of hydrogen-bond donors (Lipinski definition) is 1. The van der Waals surface area contributed by atoms with Gasteiger partial charge < -0.3 is 19.4 Å². The molecule has 1 fully saturated rings. The predicted molar refractivity (Wildman–Crippen MR) is 101 cm³/mol. The molecule has 1 N–H and O–H groups in total. The lowest BCUT2D eigenvalue weighted by molar-refractivity contribution is -0.115. The third-order valence-corrected chi connectivity index (χ3v) is 5.40. The van der Waals surface area contributed by atoms with Crippen molar-refractivity contribution in [2.45, 2.75) is 49.6 Å². The monoisotopic (exact) mass is 376 g/mol. The largest absolute Gasteiger partial charge is 0.497 e. The van der Waals surface area contributed by atoms with Gasteiger partial charge in [-0.1, -0.05) is 11.8 Å². The summed E-state index contributed by atoms with van der Waals surface area (Å²) in [6, 6.07) is 5.30. The maximum absolute atomic E-state index is 12.7. The van der Waals surface area contributed by atoms with Gasteiger partial charge in [0.1, 0.15) is 17.3 Å². The van der Waals surface area contributed by atoms with Crippen molar-refractivity contribution in [3.05, 3.63) is 24.0 Å². The highest BCUT2D eigenvalue weighted by molar-refractivity contribution is 8.00. The summed E-state index contributed by atoms with van der Waals surface area (Å²) in [6.45, 7) is 4.74. The summed E-state index contributed by atoms with van der Waals surface area (Å²) < 4.78 is 12.6. The van der Waals surface area contributed by atoms with Crippen molar-refractivity contribution >= 4 is 23.4 Å². The SMILES string of the molecule is CCn1c(SC(C)C(=O)Nc2cc(OC)ccc2OC)nnc1C1CC1. The van der Waals surface area contributed by atoms with E-state index in [0.29, 0.717) is 23.1 Å². The molecule has 1 unspecified atom stereocenters. The molecular weight excluding hydrogens is 352 g/mol. The number of methoxy groups -OCH3 is 2. The van der Waals surface area contributed by atoms with E-state index in [9.17, 15) is 4.79 Å². The summed E-state index contributed by atoms with van der Waals surface area (Å²) in [6.07, 6.45) is 2.35. The molecule has 0 aliphatic heterocycles. The number of anilines is 1. The molecule has 1 saturated carbocycles. The first-order valence-corrected chi connectivity index (χ1v) is 9.58. The maximum atomic E-state index is 12.7. The number of amides is 1. The van der Waals surface area contributed by atoms with Crippen LogP contribution in [0.1, 0.15) is 38.4 Å². The van der Waals surface area contributed by atoms with Crippen LogP contribution in [0.5, 0.6) is 11.5 Å². The molecular formula is C18H24N4O3S. The Hall–Kier alpha value is -2.22. The molecule has 1 aliphatic carbocycles. The molecule has 0 saturated heterocycles. The average Bonchev–Trinajstić information content (AvgIpc) is 3.42. The molecule has 7 nitrogen and oxygen atoms in total. The number of rotatable bonds is 8. The second-order valence-electron chi connectivity index (χ2n) is 6.17. The molecule has 140 valence electrons. The van der Waals surface area contributed by atoms with Crippen molar-refractivity contribution in [2.75, 3.05) is 19.5 Å². The van der Waals surface area contributed by atoms with E-state index in [2.05, 4.69) is 27.0 Å². The Labute approximate surface area is 157 Å². The van der Waals surface area contributed by atoms with Gasteiger partial charge in [0.2, 0.25) is 5.91 Å². The number of aromatic nitrogens is 3. The molecule has 0 radical (unpaired) electrons. The minimum atomic E-state index is -0.326. The molecule has 1 atom stereocenters. The molecule has 0 bridgehead atoms. The number of ether oxygens (including phenoxy) is 2. The molecule has 1 amide bonds. The van der Waals surface area contributed by atoms with Gasteiger partial charge in [0.15, 0.2) is 5.16 Å². The highest BCUT2D eigenvalue weighted by atomic mass is 32.2. The number of carbonyl (C=O) groups is 1. The van der Waals surface area contributed by atoms with Crippen molar-refractivity contribution < 1.29 is 14.3 Å². The van der Waals surface area contributed by atoms with Gasteiger partial charge in [0, 0.05) is 18.5 Å². The minimum Gasteiger partial charge on any atom is -0.497 e. The van der Waals surface area contributed by atoms with Crippen molar-refractivity contribution in [3.8, 4) is 11.5 Å². The van der Waals surface area contributed by atoms with Gasteiger partial charge in [-0.05, 0) is 38.8 Å². The minimum absolute atomic E-state index is 0.125. The first kappa shape index (κ1) is 18.6.